The van der Waals surface area contributed by atoms with Gasteiger partial charge in [-0.25, -0.2) is 4.98 Å². The second-order valence-electron chi connectivity index (χ2n) is 3.51. The second kappa shape index (κ2) is 4.93. The van der Waals surface area contributed by atoms with Crippen LogP contribution in [0, 0.1) is 6.92 Å². The summed E-state index contributed by atoms with van der Waals surface area (Å²) in [5.74, 6) is 0.260. The highest BCUT2D eigenvalue weighted by Crippen LogP contribution is 2.16. The van der Waals surface area contributed by atoms with Crippen molar-refractivity contribution in [1.82, 2.24) is 9.97 Å². The minimum absolute atomic E-state index is 0.221. The van der Waals surface area contributed by atoms with Crippen LogP contribution in [0.3, 0.4) is 0 Å². The van der Waals surface area contributed by atoms with Crippen LogP contribution >= 0.6 is 11.6 Å². The number of aromatic nitrogens is 2. The van der Waals surface area contributed by atoms with Crippen molar-refractivity contribution >= 4 is 23.3 Å². The minimum atomic E-state index is -0.221. The maximum absolute atomic E-state index is 11.8. The van der Waals surface area contributed by atoms with Gasteiger partial charge in [-0.05, 0) is 30.7 Å². The number of anilines is 1. The highest BCUT2D eigenvalue weighted by atomic mass is 35.5. The molecule has 0 spiro atoms. The molecule has 2 aromatic rings. The van der Waals surface area contributed by atoms with E-state index < -0.39 is 0 Å². The van der Waals surface area contributed by atoms with Crippen LogP contribution in [0.5, 0.6) is 0 Å². The van der Waals surface area contributed by atoms with Gasteiger partial charge in [-0.2, -0.15) is 0 Å². The van der Waals surface area contributed by atoms with Crippen molar-refractivity contribution in [3.8, 4) is 0 Å². The summed E-state index contributed by atoms with van der Waals surface area (Å²) in [7, 11) is 0. The molecule has 5 heteroatoms. The molecule has 0 saturated carbocycles. The van der Waals surface area contributed by atoms with Crippen molar-refractivity contribution in [2.75, 3.05) is 5.32 Å². The third kappa shape index (κ3) is 2.79. The lowest BCUT2D eigenvalue weighted by molar-refractivity contribution is 0.102. The van der Waals surface area contributed by atoms with Gasteiger partial charge in [0.2, 0.25) is 0 Å². The van der Waals surface area contributed by atoms with Crippen LogP contribution in [0.15, 0.2) is 36.8 Å². The number of hydrogen-bond acceptors (Lipinski definition) is 3. The SMILES string of the molecule is Cc1cc(NC(=O)c2ccncc2)ncc1Cl. The van der Waals surface area contributed by atoms with E-state index in [0.29, 0.717) is 16.4 Å². The number of hydrogen-bond donors (Lipinski definition) is 1. The number of pyridine rings is 2. The van der Waals surface area contributed by atoms with Crippen LogP contribution in [-0.4, -0.2) is 15.9 Å². The van der Waals surface area contributed by atoms with Crippen LogP contribution in [0.25, 0.3) is 0 Å². The Morgan fingerprint density at radius 2 is 2.06 bits per heavy atom. The number of aryl methyl sites for hydroxylation is 1. The molecule has 0 aliphatic rings. The predicted octanol–water partition coefficient (Wildman–Crippen LogP) is 2.69. The monoisotopic (exact) mass is 247 g/mol. The van der Waals surface area contributed by atoms with E-state index in [4.69, 9.17) is 11.6 Å². The third-order valence-electron chi connectivity index (χ3n) is 2.23. The quantitative estimate of drug-likeness (QED) is 0.888. The first-order chi connectivity index (χ1) is 8.16. The van der Waals surface area contributed by atoms with E-state index in [1.54, 1.807) is 30.6 Å². The van der Waals surface area contributed by atoms with Gasteiger partial charge < -0.3 is 5.32 Å². The van der Waals surface area contributed by atoms with Gasteiger partial charge >= 0.3 is 0 Å². The smallest absolute Gasteiger partial charge is 0.256 e. The molecular weight excluding hydrogens is 238 g/mol. The van der Waals surface area contributed by atoms with E-state index in [9.17, 15) is 4.79 Å². The van der Waals surface area contributed by atoms with E-state index in [1.807, 2.05) is 6.92 Å². The summed E-state index contributed by atoms with van der Waals surface area (Å²) in [5, 5.41) is 3.27. The topological polar surface area (TPSA) is 54.9 Å². The third-order valence-corrected chi connectivity index (χ3v) is 2.63. The Balaban J connectivity index is 2.16. The van der Waals surface area contributed by atoms with E-state index in [2.05, 4.69) is 15.3 Å². The lowest BCUT2D eigenvalue weighted by Gasteiger charge is -2.05. The molecule has 0 aromatic carbocycles. The fourth-order valence-electron chi connectivity index (χ4n) is 1.30. The molecule has 2 rings (SSSR count). The van der Waals surface area contributed by atoms with Crippen LogP contribution in [0.4, 0.5) is 5.82 Å². The number of carbonyl (C=O) groups is 1. The molecule has 0 aliphatic carbocycles. The van der Waals surface area contributed by atoms with E-state index >= 15 is 0 Å². The van der Waals surface area contributed by atoms with E-state index in [-0.39, 0.29) is 5.91 Å². The maximum atomic E-state index is 11.8. The summed E-state index contributed by atoms with van der Waals surface area (Å²) in [4.78, 5) is 19.7. The molecule has 2 aromatic heterocycles. The van der Waals surface area contributed by atoms with Crippen molar-refractivity contribution in [1.29, 1.82) is 0 Å². The van der Waals surface area contributed by atoms with Crippen LogP contribution in [0.2, 0.25) is 5.02 Å². The Kier molecular flexibility index (Phi) is 3.35. The molecule has 4 nitrogen and oxygen atoms in total. The first-order valence-corrected chi connectivity index (χ1v) is 5.38. The summed E-state index contributed by atoms with van der Waals surface area (Å²) in [6.45, 7) is 1.85. The zero-order valence-electron chi connectivity index (χ0n) is 9.14. The van der Waals surface area contributed by atoms with Crippen molar-refractivity contribution in [2.24, 2.45) is 0 Å². The van der Waals surface area contributed by atoms with E-state index in [1.165, 1.54) is 6.20 Å². The average Bonchev–Trinajstić information content (AvgIpc) is 2.35. The maximum Gasteiger partial charge on any atom is 0.256 e. The number of amides is 1. The molecule has 2 heterocycles. The largest absolute Gasteiger partial charge is 0.307 e. The molecule has 1 N–H and O–H groups in total. The van der Waals surface area contributed by atoms with Gasteiger partial charge in [0.1, 0.15) is 5.82 Å². The predicted molar refractivity (Wildman–Crippen MR) is 66.2 cm³/mol. The minimum Gasteiger partial charge on any atom is -0.307 e. The van der Waals surface area contributed by atoms with E-state index in [0.717, 1.165) is 5.56 Å². The Bertz CT molecular complexity index is 543. The summed E-state index contributed by atoms with van der Waals surface area (Å²) < 4.78 is 0. The lowest BCUT2D eigenvalue weighted by Crippen LogP contribution is -2.12. The van der Waals surface area contributed by atoms with Gasteiger partial charge in [0, 0.05) is 24.2 Å². The second-order valence-corrected chi connectivity index (χ2v) is 3.92. The molecule has 0 aliphatic heterocycles. The number of nitrogens with zero attached hydrogens (tertiary/aromatic N) is 2. The Morgan fingerprint density at radius 3 is 2.71 bits per heavy atom. The fourth-order valence-corrected chi connectivity index (χ4v) is 1.40. The Labute approximate surface area is 104 Å². The lowest BCUT2D eigenvalue weighted by atomic mass is 10.2. The molecule has 0 bridgehead atoms. The van der Waals surface area contributed by atoms with Crippen molar-refractivity contribution in [2.45, 2.75) is 6.92 Å². The summed E-state index contributed by atoms with van der Waals surface area (Å²) in [5.41, 5.74) is 1.40. The van der Waals surface area contributed by atoms with Gasteiger partial charge in [-0.1, -0.05) is 11.6 Å². The molecule has 1 amide bonds. The standard InChI is InChI=1S/C12H10ClN3O/c1-8-6-11(15-7-10(8)13)16-12(17)9-2-4-14-5-3-9/h2-7H,1H3,(H,15,16,17). The molecule has 0 atom stereocenters. The average molecular weight is 248 g/mol. The zero-order valence-corrected chi connectivity index (χ0v) is 9.90. The molecular formula is C12H10ClN3O. The first kappa shape index (κ1) is 11.5. The fraction of sp³-hybridized carbons (Fsp3) is 0.0833. The van der Waals surface area contributed by atoms with Gasteiger partial charge in [0.05, 0.1) is 5.02 Å². The van der Waals surface area contributed by atoms with Crippen molar-refractivity contribution in [3.05, 3.63) is 52.9 Å². The highest BCUT2D eigenvalue weighted by molar-refractivity contribution is 6.31. The molecule has 0 radical (unpaired) electrons. The molecule has 0 fully saturated rings. The zero-order chi connectivity index (χ0) is 12.3. The number of carbonyl (C=O) groups excluding carboxylic acids is 1. The molecule has 86 valence electrons. The van der Waals surface area contributed by atoms with Gasteiger partial charge in [-0.15, -0.1) is 0 Å². The van der Waals surface area contributed by atoms with Crippen molar-refractivity contribution < 1.29 is 4.79 Å². The first-order valence-electron chi connectivity index (χ1n) is 5.00. The molecule has 0 saturated heterocycles. The molecule has 0 unspecified atom stereocenters. The number of nitrogens with one attached hydrogen (secondary N) is 1. The van der Waals surface area contributed by atoms with Gasteiger partial charge in [0.15, 0.2) is 0 Å². The Morgan fingerprint density at radius 1 is 1.35 bits per heavy atom. The van der Waals surface area contributed by atoms with Gasteiger partial charge in [-0.3, -0.25) is 9.78 Å². The number of halogens is 1. The van der Waals surface area contributed by atoms with Crippen LogP contribution < -0.4 is 5.32 Å². The van der Waals surface area contributed by atoms with Crippen molar-refractivity contribution in [3.63, 3.8) is 0 Å². The van der Waals surface area contributed by atoms with Crippen LogP contribution in [0.1, 0.15) is 15.9 Å². The Hall–Kier alpha value is -1.94. The van der Waals surface area contributed by atoms with Gasteiger partial charge in [0.25, 0.3) is 5.91 Å². The normalized spacial score (nSPS) is 10.0. The summed E-state index contributed by atoms with van der Waals surface area (Å²) in [6.07, 6.45) is 4.64. The van der Waals surface area contributed by atoms with Crippen LogP contribution in [-0.2, 0) is 0 Å². The molecule has 17 heavy (non-hydrogen) atoms. The number of rotatable bonds is 2. The summed E-state index contributed by atoms with van der Waals surface area (Å²) >= 11 is 5.85. The highest BCUT2D eigenvalue weighted by Gasteiger charge is 2.06. The summed E-state index contributed by atoms with van der Waals surface area (Å²) in [6, 6.07) is 5.00.